The first kappa shape index (κ1) is 23.0. The predicted octanol–water partition coefficient (Wildman–Crippen LogP) is 1.50. The summed E-state index contributed by atoms with van der Waals surface area (Å²) in [5, 5.41) is 20.2. The van der Waals surface area contributed by atoms with Crippen molar-refractivity contribution in [3.63, 3.8) is 0 Å². The summed E-state index contributed by atoms with van der Waals surface area (Å²) >= 11 is 11.9. The van der Waals surface area contributed by atoms with Gasteiger partial charge in [0.05, 0.1) is 28.8 Å². The third kappa shape index (κ3) is 5.74. The van der Waals surface area contributed by atoms with Crippen molar-refractivity contribution in [1.29, 1.82) is 0 Å². The fourth-order valence-corrected chi connectivity index (χ4v) is 4.18. The molecule has 2 saturated heterocycles. The topological polar surface area (TPSA) is 84.3 Å². The van der Waals surface area contributed by atoms with Gasteiger partial charge in [0.2, 0.25) is 11.8 Å². The molecule has 3 rings (SSSR count). The molecule has 2 fully saturated rings. The second-order valence-corrected chi connectivity index (χ2v) is 8.42. The van der Waals surface area contributed by atoms with Crippen LogP contribution in [0.3, 0.4) is 0 Å². The first-order valence-electron chi connectivity index (χ1n) is 10.1. The molecule has 2 N–H and O–H groups in total. The SMILES string of the molecule is O=C(C=Cc1ccc(Cl)c(Cl)c1)N1CCC(=O)N(CCN2CC[C@H](O)[C@H]2CO)CC1. The Kier molecular flexibility index (Phi) is 8.13. The molecule has 2 amide bonds. The molecule has 1 aromatic carbocycles. The van der Waals surface area contributed by atoms with Gasteiger partial charge in [-0.25, -0.2) is 0 Å². The smallest absolute Gasteiger partial charge is 0.246 e. The summed E-state index contributed by atoms with van der Waals surface area (Å²) in [6.45, 7) is 3.03. The van der Waals surface area contributed by atoms with Crippen LogP contribution in [0, 0.1) is 0 Å². The van der Waals surface area contributed by atoms with E-state index in [4.69, 9.17) is 23.2 Å². The number of amides is 2. The molecule has 30 heavy (non-hydrogen) atoms. The fraction of sp³-hybridized carbons (Fsp3) is 0.524. The highest BCUT2D eigenvalue weighted by atomic mass is 35.5. The van der Waals surface area contributed by atoms with Crippen LogP contribution in [-0.2, 0) is 9.59 Å². The maximum absolute atomic E-state index is 12.6. The lowest BCUT2D eigenvalue weighted by Gasteiger charge is -2.28. The van der Waals surface area contributed by atoms with Crippen LogP contribution < -0.4 is 0 Å². The number of halogens is 2. The van der Waals surface area contributed by atoms with Gasteiger partial charge in [-0.05, 0) is 30.2 Å². The molecule has 0 unspecified atom stereocenters. The number of benzene rings is 1. The monoisotopic (exact) mass is 455 g/mol. The number of aliphatic hydroxyl groups is 2. The van der Waals surface area contributed by atoms with Crippen molar-refractivity contribution in [2.45, 2.75) is 25.0 Å². The molecule has 0 spiro atoms. The van der Waals surface area contributed by atoms with E-state index in [0.717, 1.165) is 5.56 Å². The number of hydrogen-bond donors (Lipinski definition) is 2. The van der Waals surface area contributed by atoms with Crippen molar-refractivity contribution in [3.05, 3.63) is 39.9 Å². The van der Waals surface area contributed by atoms with E-state index < -0.39 is 6.10 Å². The Morgan fingerprint density at radius 3 is 2.67 bits per heavy atom. The lowest BCUT2D eigenvalue weighted by atomic mass is 10.2. The summed E-state index contributed by atoms with van der Waals surface area (Å²) in [5.41, 5.74) is 0.775. The largest absolute Gasteiger partial charge is 0.395 e. The molecule has 0 saturated carbocycles. The third-order valence-electron chi connectivity index (χ3n) is 5.73. The Balaban J connectivity index is 1.52. The van der Waals surface area contributed by atoms with E-state index in [1.807, 2.05) is 4.90 Å². The number of carbonyl (C=O) groups excluding carboxylic acids is 2. The number of hydrogen-bond acceptors (Lipinski definition) is 5. The van der Waals surface area contributed by atoms with Gasteiger partial charge in [-0.15, -0.1) is 0 Å². The van der Waals surface area contributed by atoms with Gasteiger partial charge in [0.15, 0.2) is 0 Å². The van der Waals surface area contributed by atoms with Gasteiger partial charge in [0.1, 0.15) is 0 Å². The van der Waals surface area contributed by atoms with E-state index in [1.165, 1.54) is 6.08 Å². The second-order valence-electron chi connectivity index (χ2n) is 7.60. The molecule has 1 aromatic rings. The zero-order valence-electron chi connectivity index (χ0n) is 16.7. The number of carbonyl (C=O) groups is 2. The Bertz CT molecular complexity index is 804. The minimum absolute atomic E-state index is 0.0130. The molecule has 0 radical (unpaired) electrons. The number of aliphatic hydroxyl groups excluding tert-OH is 2. The zero-order chi connectivity index (χ0) is 21.7. The number of likely N-dealkylation sites (tertiary alicyclic amines) is 1. The van der Waals surface area contributed by atoms with E-state index in [2.05, 4.69) is 0 Å². The van der Waals surface area contributed by atoms with Gasteiger partial charge in [0.25, 0.3) is 0 Å². The van der Waals surface area contributed by atoms with E-state index in [9.17, 15) is 19.8 Å². The molecule has 0 aliphatic carbocycles. The molecule has 9 heteroatoms. The summed E-state index contributed by atoms with van der Waals surface area (Å²) in [5.74, 6) is -0.141. The van der Waals surface area contributed by atoms with Gasteiger partial charge in [-0.3, -0.25) is 14.5 Å². The maximum atomic E-state index is 12.6. The standard InChI is InChI=1S/C21H27Cl2N3O4/c22-16-3-1-15(13-17(16)23)2-4-20(29)25-8-6-21(30)26(12-11-25)10-9-24-7-5-19(28)18(24)14-27/h1-4,13,18-19,27-28H,5-12,14H2/t18-,19+/m1/s1. The molecule has 2 heterocycles. The molecular formula is C21H27Cl2N3O4. The van der Waals surface area contributed by atoms with Crippen molar-refractivity contribution in [3.8, 4) is 0 Å². The van der Waals surface area contributed by atoms with Gasteiger partial charge in [0, 0.05) is 51.8 Å². The lowest BCUT2D eigenvalue weighted by molar-refractivity contribution is -0.130. The van der Waals surface area contributed by atoms with E-state index in [0.29, 0.717) is 55.7 Å². The highest BCUT2D eigenvalue weighted by Gasteiger charge is 2.32. The summed E-state index contributed by atoms with van der Waals surface area (Å²) in [4.78, 5) is 30.5. The molecule has 2 aliphatic heterocycles. The molecule has 0 aromatic heterocycles. The van der Waals surface area contributed by atoms with Crippen LogP contribution in [0.4, 0.5) is 0 Å². The average molecular weight is 456 g/mol. The average Bonchev–Trinajstić information content (AvgIpc) is 2.98. The van der Waals surface area contributed by atoms with Gasteiger partial charge < -0.3 is 20.0 Å². The molecular weight excluding hydrogens is 429 g/mol. The van der Waals surface area contributed by atoms with Crippen LogP contribution in [0.5, 0.6) is 0 Å². The fourth-order valence-electron chi connectivity index (χ4n) is 3.88. The Morgan fingerprint density at radius 2 is 1.93 bits per heavy atom. The summed E-state index contributed by atoms with van der Waals surface area (Å²) in [6.07, 6.45) is 3.55. The van der Waals surface area contributed by atoms with Crippen LogP contribution >= 0.6 is 23.2 Å². The highest BCUT2D eigenvalue weighted by Crippen LogP contribution is 2.23. The summed E-state index contributed by atoms with van der Waals surface area (Å²) in [6, 6.07) is 4.88. The Labute approximate surface area is 186 Å². The lowest BCUT2D eigenvalue weighted by Crippen LogP contribution is -2.44. The number of rotatable bonds is 6. The van der Waals surface area contributed by atoms with Crippen molar-refractivity contribution in [2.75, 3.05) is 45.9 Å². The van der Waals surface area contributed by atoms with E-state index in [1.54, 1.807) is 34.1 Å². The number of nitrogens with zero attached hydrogens (tertiary/aromatic N) is 3. The summed E-state index contributed by atoms with van der Waals surface area (Å²) < 4.78 is 0. The molecule has 7 nitrogen and oxygen atoms in total. The Morgan fingerprint density at radius 1 is 1.13 bits per heavy atom. The van der Waals surface area contributed by atoms with Crippen molar-refractivity contribution in [1.82, 2.24) is 14.7 Å². The van der Waals surface area contributed by atoms with Crippen LogP contribution in [0.2, 0.25) is 10.0 Å². The normalized spacial score (nSPS) is 23.4. The molecule has 0 bridgehead atoms. The van der Waals surface area contributed by atoms with Crippen molar-refractivity contribution >= 4 is 41.1 Å². The molecule has 2 aliphatic rings. The van der Waals surface area contributed by atoms with Crippen LogP contribution in [0.25, 0.3) is 6.08 Å². The van der Waals surface area contributed by atoms with E-state index in [-0.39, 0.29) is 30.9 Å². The zero-order valence-corrected chi connectivity index (χ0v) is 18.2. The van der Waals surface area contributed by atoms with Gasteiger partial charge in [-0.2, -0.15) is 0 Å². The quantitative estimate of drug-likeness (QED) is 0.634. The minimum atomic E-state index is -0.523. The van der Waals surface area contributed by atoms with Crippen molar-refractivity contribution in [2.24, 2.45) is 0 Å². The minimum Gasteiger partial charge on any atom is -0.395 e. The maximum Gasteiger partial charge on any atom is 0.246 e. The highest BCUT2D eigenvalue weighted by molar-refractivity contribution is 6.42. The van der Waals surface area contributed by atoms with Gasteiger partial charge >= 0.3 is 0 Å². The second kappa shape index (κ2) is 10.6. The van der Waals surface area contributed by atoms with Crippen LogP contribution in [-0.4, -0.2) is 94.7 Å². The third-order valence-corrected chi connectivity index (χ3v) is 6.47. The molecule has 2 atom stereocenters. The Hall–Kier alpha value is -1.64. The van der Waals surface area contributed by atoms with Crippen molar-refractivity contribution < 1.29 is 19.8 Å². The van der Waals surface area contributed by atoms with Gasteiger partial charge in [-0.1, -0.05) is 29.3 Å². The van der Waals surface area contributed by atoms with E-state index >= 15 is 0 Å². The first-order valence-corrected chi connectivity index (χ1v) is 10.9. The first-order chi connectivity index (χ1) is 14.4. The van der Waals surface area contributed by atoms with Crippen LogP contribution in [0.1, 0.15) is 18.4 Å². The summed E-state index contributed by atoms with van der Waals surface area (Å²) in [7, 11) is 0. The molecule has 164 valence electrons. The predicted molar refractivity (Wildman–Crippen MR) is 116 cm³/mol. The van der Waals surface area contributed by atoms with Crippen LogP contribution in [0.15, 0.2) is 24.3 Å².